The fourth-order valence-corrected chi connectivity index (χ4v) is 4.92. The molecule has 0 radical (unpaired) electrons. The van der Waals surface area contributed by atoms with Gasteiger partial charge in [0.2, 0.25) is 6.23 Å². The summed E-state index contributed by atoms with van der Waals surface area (Å²) in [4.78, 5) is 0. The lowest BCUT2D eigenvalue weighted by Gasteiger charge is -2.38. The zero-order chi connectivity index (χ0) is 20.8. The van der Waals surface area contributed by atoms with Crippen LogP contribution in [0.3, 0.4) is 0 Å². The summed E-state index contributed by atoms with van der Waals surface area (Å²) >= 11 is 16.4. The molecule has 4 nitrogen and oxygen atoms in total. The maximum Gasteiger partial charge on any atom is 0.213 e. The topological polar surface area (TPSA) is 34.1 Å². The van der Waals surface area contributed by atoms with E-state index in [2.05, 4.69) is 15.9 Å². The third-order valence-electron chi connectivity index (χ3n) is 5.37. The second-order valence-corrected chi connectivity index (χ2v) is 8.97. The van der Waals surface area contributed by atoms with Crippen molar-refractivity contribution in [3.8, 4) is 11.5 Å². The van der Waals surface area contributed by atoms with Crippen molar-refractivity contribution >= 4 is 44.8 Å². The lowest BCUT2D eigenvalue weighted by molar-refractivity contribution is -0.0189. The van der Waals surface area contributed by atoms with Crippen molar-refractivity contribution in [2.24, 2.45) is 5.10 Å². The fraction of sp³-hybridized carbons (Fsp3) is 0.174. The van der Waals surface area contributed by atoms with Crippen molar-refractivity contribution < 1.29 is 9.47 Å². The molecule has 0 fully saturated rings. The van der Waals surface area contributed by atoms with Gasteiger partial charge in [-0.05, 0) is 54.1 Å². The summed E-state index contributed by atoms with van der Waals surface area (Å²) in [5.41, 5.74) is 3.97. The van der Waals surface area contributed by atoms with Crippen molar-refractivity contribution in [1.29, 1.82) is 0 Å². The number of hydrazone groups is 1. The van der Waals surface area contributed by atoms with Crippen LogP contribution in [0.1, 0.15) is 35.4 Å². The molecule has 2 aliphatic heterocycles. The van der Waals surface area contributed by atoms with Crippen LogP contribution in [-0.4, -0.2) is 17.8 Å². The molecule has 2 atom stereocenters. The van der Waals surface area contributed by atoms with Crippen LogP contribution in [0.4, 0.5) is 0 Å². The van der Waals surface area contributed by atoms with Gasteiger partial charge in [-0.3, -0.25) is 0 Å². The van der Waals surface area contributed by atoms with E-state index in [0.29, 0.717) is 15.8 Å². The number of hydrogen-bond donors (Lipinski definition) is 0. The normalized spacial score (nSPS) is 19.6. The van der Waals surface area contributed by atoms with Crippen LogP contribution in [0, 0.1) is 0 Å². The smallest absolute Gasteiger partial charge is 0.213 e. The van der Waals surface area contributed by atoms with Crippen molar-refractivity contribution in [3.63, 3.8) is 0 Å². The molecular formula is C23H17BrCl2N2O2. The van der Waals surface area contributed by atoms with E-state index >= 15 is 0 Å². The minimum atomic E-state index is -0.394. The zero-order valence-corrected chi connectivity index (χ0v) is 19.1. The minimum absolute atomic E-state index is 0.0222. The van der Waals surface area contributed by atoms with E-state index in [9.17, 15) is 0 Å². The molecule has 0 spiro atoms. The third kappa shape index (κ3) is 3.45. The molecule has 5 rings (SSSR count). The van der Waals surface area contributed by atoms with Crippen molar-refractivity contribution in [2.45, 2.75) is 18.7 Å². The number of ether oxygens (including phenoxy) is 2. The first-order valence-electron chi connectivity index (χ1n) is 9.45. The molecule has 0 saturated heterocycles. The van der Waals surface area contributed by atoms with Crippen molar-refractivity contribution in [2.75, 3.05) is 7.11 Å². The Kier molecular flexibility index (Phi) is 5.13. The summed E-state index contributed by atoms with van der Waals surface area (Å²) in [6, 6.07) is 19.6. The molecule has 30 heavy (non-hydrogen) atoms. The number of methoxy groups -OCH3 is 1. The second kappa shape index (κ2) is 7.80. The lowest BCUT2D eigenvalue weighted by Crippen LogP contribution is -2.33. The maximum absolute atomic E-state index is 6.52. The molecular weight excluding hydrogens is 487 g/mol. The Hall–Kier alpha value is -2.21. The van der Waals surface area contributed by atoms with Gasteiger partial charge in [-0.1, -0.05) is 51.3 Å². The van der Waals surface area contributed by atoms with Gasteiger partial charge in [0, 0.05) is 27.0 Å². The van der Waals surface area contributed by atoms with Gasteiger partial charge in [0.25, 0.3) is 0 Å². The lowest BCUT2D eigenvalue weighted by atomic mass is 9.96. The van der Waals surface area contributed by atoms with Gasteiger partial charge in [0.15, 0.2) is 0 Å². The first kappa shape index (κ1) is 19.7. The molecule has 2 heterocycles. The highest BCUT2D eigenvalue weighted by atomic mass is 79.9. The zero-order valence-electron chi connectivity index (χ0n) is 16.0. The number of benzene rings is 3. The fourth-order valence-electron chi connectivity index (χ4n) is 3.95. The standard InChI is InChI=1S/C23H17BrCl2N2O2/c1-29-17-7-5-13(6-8-17)20-12-21-18-10-16(25)11-19(26)22(18)30-23(28(21)27-20)14-3-2-4-15(24)9-14/h2-11,21,23H,12H2,1H3/t21-,23+/m0/s1. The number of hydrogen-bond acceptors (Lipinski definition) is 4. The van der Waals surface area contributed by atoms with Crippen molar-refractivity contribution in [3.05, 3.63) is 91.9 Å². The highest BCUT2D eigenvalue weighted by Gasteiger charge is 2.42. The average Bonchev–Trinajstić information content (AvgIpc) is 3.19. The third-order valence-corrected chi connectivity index (χ3v) is 6.36. The summed E-state index contributed by atoms with van der Waals surface area (Å²) in [7, 11) is 1.66. The summed E-state index contributed by atoms with van der Waals surface area (Å²) in [5, 5.41) is 8.07. The van der Waals surface area contributed by atoms with Gasteiger partial charge in [-0.15, -0.1) is 0 Å². The summed E-state index contributed by atoms with van der Waals surface area (Å²) in [5.74, 6) is 1.48. The number of rotatable bonds is 3. The predicted molar refractivity (Wildman–Crippen MR) is 123 cm³/mol. The van der Waals surface area contributed by atoms with E-state index in [1.807, 2.05) is 59.6 Å². The second-order valence-electron chi connectivity index (χ2n) is 7.21. The molecule has 7 heteroatoms. The number of fused-ring (bicyclic) bond motifs is 3. The van der Waals surface area contributed by atoms with E-state index in [-0.39, 0.29) is 6.04 Å². The van der Waals surface area contributed by atoms with Crippen LogP contribution in [0.2, 0.25) is 10.0 Å². The van der Waals surface area contributed by atoms with Crippen LogP contribution in [0.25, 0.3) is 0 Å². The Balaban J connectivity index is 1.61. The van der Waals surface area contributed by atoms with Gasteiger partial charge in [0.05, 0.1) is 23.9 Å². The first-order valence-corrected chi connectivity index (χ1v) is 11.0. The molecule has 0 amide bonds. The maximum atomic E-state index is 6.52. The Morgan fingerprint density at radius 2 is 1.90 bits per heavy atom. The first-order chi connectivity index (χ1) is 14.5. The van der Waals surface area contributed by atoms with E-state index in [0.717, 1.165) is 39.0 Å². The average molecular weight is 504 g/mol. The largest absolute Gasteiger partial charge is 0.497 e. The number of halogens is 3. The molecule has 3 aromatic rings. The van der Waals surface area contributed by atoms with Crippen LogP contribution < -0.4 is 9.47 Å². The van der Waals surface area contributed by atoms with E-state index in [1.165, 1.54) is 0 Å². The Labute approximate surface area is 193 Å². The SMILES string of the molecule is COc1ccc(C2=NN3[C@@H](c4cccc(Br)c4)Oc4c(Cl)cc(Cl)cc4[C@@H]3C2)cc1. The van der Waals surface area contributed by atoms with Gasteiger partial charge in [-0.2, -0.15) is 5.10 Å². The number of nitrogens with zero attached hydrogens (tertiary/aromatic N) is 2. The van der Waals surface area contributed by atoms with Crippen LogP contribution in [-0.2, 0) is 0 Å². The molecule has 0 N–H and O–H groups in total. The Morgan fingerprint density at radius 3 is 2.63 bits per heavy atom. The summed E-state index contributed by atoms with van der Waals surface area (Å²) in [6.07, 6.45) is 0.332. The molecule has 0 bridgehead atoms. The molecule has 0 aromatic heterocycles. The quantitative estimate of drug-likeness (QED) is 0.385. The van der Waals surface area contributed by atoms with Gasteiger partial charge < -0.3 is 9.47 Å². The van der Waals surface area contributed by atoms with Crippen molar-refractivity contribution in [1.82, 2.24) is 5.01 Å². The van der Waals surface area contributed by atoms with E-state index in [4.69, 9.17) is 37.8 Å². The predicted octanol–water partition coefficient (Wildman–Crippen LogP) is 7.01. The molecule has 0 unspecified atom stereocenters. The molecule has 152 valence electrons. The Morgan fingerprint density at radius 1 is 1.10 bits per heavy atom. The van der Waals surface area contributed by atoms with Gasteiger partial charge in [-0.25, -0.2) is 5.01 Å². The molecule has 0 aliphatic carbocycles. The van der Waals surface area contributed by atoms with Crippen LogP contribution in [0.15, 0.2) is 70.2 Å². The van der Waals surface area contributed by atoms with Gasteiger partial charge >= 0.3 is 0 Å². The van der Waals surface area contributed by atoms with E-state index in [1.54, 1.807) is 13.2 Å². The highest BCUT2D eigenvalue weighted by Crippen LogP contribution is 2.50. The summed E-state index contributed by atoms with van der Waals surface area (Å²) < 4.78 is 12.6. The molecule has 0 saturated carbocycles. The minimum Gasteiger partial charge on any atom is -0.497 e. The van der Waals surface area contributed by atoms with Crippen LogP contribution >= 0.6 is 39.1 Å². The van der Waals surface area contributed by atoms with Crippen LogP contribution in [0.5, 0.6) is 11.5 Å². The highest BCUT2D eigenvalue weighted by molar-refractivity contribution is 9.10. The molecule has 2 aliphatic rings. The monoisotopic (exact) mass is 502 g/mol. The Bertz CT molecular complexity index is 1150. The van der Waals surface area contributed by atoms with E-state index < -0.39 is 6.23 Å². The molecule has 3 aromatic carbocycles. The van der Waals surface area contributed by atoms with Gasteiger partial charge in [0.1, 0.15) is 11.5 Å². The summed E-state index contributed by atoms with van der Waals surface area (Å²) in [6.45, 7) is 0.